The molecular formula is C41H74NO8P. The highest BCUT2D eigenvalue weighted by atomic mass is 31.2. The van der Waals surface area contributed by atoms with Gasteiger partial charge in [-0.25, -0.2) is 0 Å². The molecule has 0 saturated heterocycles. The van der Waals surface area contributed by atoms with Crippen molar-refractivity contribution in [2.24, 2.45) is 0 Å². The summed E-state index contributed by atoms with van der Waals surface area (Å²) in [5.74, 6) is -0.886. The van der Waals surface area contributed by atoms with E-state index >= 15 is 0 Å². The summed E-state index contributed by atoms with van der Waals surface area (Å²) in [5, 5.41) is 0. The highest BCUT2D eigenvalue weighted by Crippen LogP contribution is 2.38. The van der Waals surface area contributed by atoms with E-state index in [2.05, 4.69) is 62.5 Å². The highest BCUT2D eigenvalue weighted by Gasteiger charge is 2.21. The van der Waals surface area contributed by atoms with Gasteiger partial charge in [0.1, 0.15) is 19.8 Å². The van der Waals surface area contributed by atoms with Gasteiger partial charge in [0.15, 0.2) is 6.10 Å². The van der Waals surface area contributed by atoms with Crippen LogP contribution in [0, 0.1) is 0 Å². The van der Waals surface area contributed by atoms with Crippen molar-refractivity contribution in [1.29, 1.82) is 0 Å². The van der Waals surface area contributed by atoms with Crippen molar-refractivity contribution < 1.29 is 42.1 Å². The third kappa shape index (κ3) is 37.5. The van der Waals surface area contributed by atoms with Crippen LogP contribution in [0.4, 0.5) is 0 Å². The quantitative estimate of drug-likeness (QED) is 0.0208. The number of hydrogen-bond donors (Lipinski definition) is 0. The van der Waals surface area contributed by atoms with Gasteiger partial charge in [0.25, 0.3) is 7.82 Å². The molecule has 0 spiro atoms. The lowest BCUT2D eigenvalue weighted by molar-refractivity contribution is -0.870. The molecule has 1 unspecified atom stereocenters. The first-order valence-electron chi connectivity index (χ1n) is 19.8. The molecule has 0 rings (SSSR count). The van der Waals surface area contributed by atoms with E-state index in [1.54, 1.807) is 0 Å². The van der Waals surface area contributed by atoms with E-state index in [4.69, 9.17) is 18.5 Å². The predicted molar refractivity (Wildman–Crippen MR) is 208 cm³/mol. The monoisotopic (exact) mass is 740 g/mol. The maximum absolute atomic E-state index is 12.6. The first-order valence-corrected chi connectivity index (χ1v) is 21.3. The average Bonchev–Trinajstić information content (AvgIpc) is 3.07. The second-order valence-corrected chi connectivity index (χ2v) is 15.7. The van der Waals surface area contributed by atoms with E-state index in [-0.39, 0.29) is 26.1 Å². The average molecular weight is 740 g/mol. The Morgan fingerprint density at radius 3 is 1.67 bits per heavy atom. The fourth-order valence-electron chi connectivity index (χ4n) is 5.00. The molecule has 0 bridgehead atoms. The number of esters is 2. The maximum Gasteiger partial charge on any atom is 0.306 e. The molecule has 0 heterocycles. The molecule has 0 aliphatic rings. The molecule has 9 nitrogen and oxygen atoms in total. The molecule has 0 aromatic carbocycles. The molecule has 0 fully saturated rings. The van der Waals surface area contributed by atoms with E-state index in [1.807, 2.05) is 21.1 Å². The molecule has 0 radical (unpaired) electrons. The molecular weight excluding hydrogens is 665 g/mol. The topological polar surface area (TPSA) is 111 Å². The number of rotatable bonds is 35. The van der Waals surface area contributed by atoms with Crippen molar-refractivity contribution in [3.8, 4) is 0 Å². The van der Waals surface area contributed by atoms with Crippen LogP contribution in [0.5, 0.6) is 0 Å². The van der Waals surface area contributed by atoms with Crippen molar-refractivity contribution in [3.05, 3.63) is 48.6 Å². The highest BCUT2D eigenvalue weighted by molar-refractivity contribution is 7.45. The van der Waals surface area contributed by atoms with Crippen LogP contribution in [0.1, 0.15) is 149 Å². The Balaban J connectivity index is 4.49. The number of carbonyl (C=O) groups excluding carboxylic acids is 2. The second kappa shape index (κ2) is 33.8. The lowest BCUT2D eigenvalue weighted by Crippen LogP contribution is -2.37. The molecule has 0 aliphatic carbocycles. The zero-order valence-corrected chi connectivity index (χ0v) is 33.9. The molecule has 0 saturated carbocycles. The Labute approximate surface area is 312 Å². The summed E-state index contributed by atoms with van der Waals surface area (Å²) in [6.45, 7) is 4.04. The van der Waals surface area contributed by atoms with Crippen LogP contribution in [0.3, 0.4) is 0 Å². The number of phosphoric acid groups is 1. The van der Waals surface area contributed by atoms with Gasteiger partial charge >= 0.3 is 11.9 Å². The largest absolute Gasteiger partial charge is 0.756 e. The molecule has 0 aromatic rings. The number of nitrogens with zero attached hydrogens (tertiary/aromatic N) is 1. The molecule has 0 amide bonds. The molecule has 51 heavy (non-hydrogen) atoms. The minimum atomic E-state index is -4.63. The fourth-order valence-corrected chi connectivity index (χ4v) is 5.73. The number of carbonyl (C=O) groups is 2. The molecule has 296 valence electrons. The zero-order valence-electron chi connectivity index (χ0n) is 33.0. The van der Waals surface area contributed by atoms with Crippen LogP contribution in [0.25, 0.3) is 0 Å². The number of allylic oxidation sites excluding steroid dienone is 8. The molecule has 0 aromatic heterocycles. The molecule has 0 N–H and O–H groups in total. The zero-order chi connectivity index (χ0) is 37.9. The minimum absolute atomic E-state index is 0.0381. The van der Waals surface area contributed by atoms with Crippen molar-refractivity contribution in [3.63, 3.8) is 0 Å². The van der Waals surface area contributed by atoms with Crippen LogP contribution in [-0.2, 0) is 32.7 Å². The van der Waals surface area contributed by atoms with Gasteiger partial charge in [0.2, 0.25) is 0 Å². The van der Waals surface area contributed by atoms with Gasteiger partial charge in [-0.2, -0.15) is 0 Å². The summed E-state index contributed by atoms with van der Waals surface area (Å²) in [6.07, 6.45) is 37.1. The van der Waals surface area contributed by atoms with E-state index in [0.29, 0.717) is 23.9 Å². The Morgan fingerprint density at radius 1 is 0.627 bits per heavy atom. The summed E-state index contributed by atoms with van der Waals surface area (Å²) in [5.41, 5.74) is 0. The number of likely N-dealkylation sites (N-methyl/N-ethyl adjacent to an activating group) is 1. The van der Waals surface area contributed by atoms with Crippen molar-refractivity contribution in [2.45, 2.75) is 155 Å². The number of quaternary nitrogens is 1. The van der Waals surface area contributed by atoms with Gasteiger partial charge in [0.05, 0.1) is 27.7 Å². The predicted octanol–water partition coefficient (Wildman–Crippen LogP) is 10.1. The van der Waals surface area contributed by atoms with E-state index in [0.717, 1.165) is 57.8 Å². The smallest absolute Gasteiger partial charge is 0.306 e. The van der Waals surface area contributed by atoms with Gasteiger partial charge in [-0.05, 0) is 51.4 Å². The third-order valence-electron chi connectivity index (χ3n) is 8.11. The lowest BCUT2D eigenvalue weighted by atomic mass is 10.0. The second-order valence-electron chi connectivity index (χ2n) is 14.3. The molecule has 0 aliphatic heterocycles. The van der Waals surface area contributed by atoms with E-state index < -0.39 is 32.5 Å². The van der Waals surface area contributed by atoms with Gasteiger partial charge in [-0.3, -0.25) is 14.2 Å². The number of hydrogen-bond acceptors (Lipinski definition) is 8. The Morgan fingerprint density at radius 2 is 1.12 bits per heavy atom. The Hall–Kier alpha value is -2.03. The van der Waals surface area contributed by atoms with Crippen molar-refractivity contribution >= 4 is 19.8 Å². The van der Waals surface area contributed by atoms with E-state index in [9.17, 15) is 19.0 Å². The molecule has 10 heteroatoms. The summed E-state index contributed by atoms with van der Waals surface area (Å²) in [7, 11) is 1.14. The van der Waals surface area contributed by atoms with Crippen molar-refractivity contribution in [1.82, 2.24) is 0 Å². The molecule has 2 atom stereocenters. The van der Waals surface area contributed by atoms with Crippen molar-refractivity contribution in [2.75, 3.05) is 47.5 Å². The van der Waals surface area contributed by atoms with Crippen LogP contribution < -0.4 is 4.89 Å². The first-order chi connectivity index (χ1) is 24.5. The summed E-state index contributed by atoms with van der Waals surface area (Å²) < 4.78 is 33.7. The van der Waals surface area contributed by atoms with Crippen LogP contribution in [0.15, 0.2) is 48.6 Å². The third-order valence-corrected chi connectivity index (χ3v) is 9.08. The van der Waals surface area contributed by atoms with Crippen LogP contribution in [-0.4, -0.2) is 70.0 Å². The van der Waals surface area contributed by atoms with E-state index in [1.165, 1.54) is 51.4 Å². The first kappa shape index (κ1) is 49.0. The van der Waals surface area contributed by atoms with Crippen LogP contribution in [0.2, 0.25) is 0 Å². The lowest BCUT2D eigenvalue weighted by Gasteiger charge is -2.28. The summed E-state index contributed by atoms with van der Waals surface area (Å²) >= 11 is 0. The Kier molecular flexibility index (Phi) is 32.4. The van der Waals surface area contributed by atoms with Gasteiger partial charge in [0, 0.05) is 12.8 Å². The van der Waals surface area contributed by atoms with Crippen LogP contribution >= 0.6 is 7.82 Å². The SMILES string of the molecule is CC/C=C\C/C=C\C/C=C\C/C=C\CCCCC(=O)OC[C@H](COP(=O)([O-])OCC[N+](C)(C)C)OC(=O)CCCCCCCCCCCCCC. The number of phosphoric ester groups is 1. The van der Waals surface area contributed by atoms with Gasteiger partial charge in [-0.1, -0.05) is 133 Å². The van der Waals surface area contributed by atoms with Gasteiger partial charge in [-0.15, -0.1) is 0 Å². The van der Waals surface area contributed by atoms with Gasteiger partial charge < -0.3 is 27.9 Å². The maximum atomic E-state index is 12.6. The Bertz CT molecular complexity index is 1020. The minimum Gasteiger partial charge on any atom is -0.756 e. The summed E-state index contributed by atoms with van der Waals surface area (Å²) in [4.78, 5) is 37.3. The number of unbranched alkanes of at least 4 members (excludes halogenated alkanes) is 13. The summed E-state index contributed by atoms with van der Waals surface area (Å²) in [6, 6.07) is 0. The fraction of sp³-hybridized carbons (Fsp3) is 0.756. The normalized spacial score (nSPS) is 14.2. The number of ether oxygens (including phenoxy) is 2. The standard InChI is InChI=1S/C41H74NO8P/c1-6-8-10-12-14-16-18-20-21-22-24-25-27-29-31-33-40(43)47-37-39(38-49-51(45,46)48-36-35-42(3,4)5)50-41(44)34-32-30-28-26-23-19-17-15-13-11-9-7-2/h8,10,14,16,20-21,24-25,39H,6-7,9,11-13,15,17-19,22-23,26-38H2,1-5H3/b10-8-,16-14-,21-20-,25-24-/t39-/m1/s1.